The average molecular weight is 458 g/mol. The number of hydrogen-bond acceptors (Lipinski definition) is 5. The zero-order valence-electron chi connectivity index (χ0n) is 17.0. The van der Waals surface area contributed by atoms with Crippen LogP contribution in [0.3, 0.4) is 0 Å². The van der Waals surface area contributed by atoms with Crippen molar-refractivity contribution >= 4 is 37.3 Å². The van der Waals surface area contributed by atoms with Gasteiger partial charge in [-0.05, 0) is 69.7 Å². The molecule has 164 valence electrons. The van der Waals surface area contributed by atoms with Crippen LogP contribution in [0, 0.1) is 12.7 Å². The summed E-state index contributed by atoms with van der Waals surface area (Å²) in [6, 6.07) is 7.03. The molecule has 0 saturated heterocycles. The Morgan fingerprint density at radius 2 is 1.73 bits per heavy atom. The molecule has 8 nitrogen and oxygen atoms in total. The molecule has 3 N–H and O–H groups in total. The summed E-state index contributed by atoms with van der Waals surface area (Å²) in [7, 11) is -7.36. The highest BCUT2D eigenvalue weighted by Crippen LogP contribution is 2.22. The lowest BCUT2D eigenvalue weighted by molar-refractivity contribution is 0.102. The predicted molar refractivity (Wildman–Crippen MR) is 114 cm³/mol. The molecule has 0 unspecified atom stereocenters. The minimum atomic E-state index is -3.90. The number of nitrogens with one attached hydrogen (secondary N) is 3. The van der Waals surface area contributed by atoms with Gasteiger partial charge in [-0.15, -0.1) is 0 Å². The fourth-order valence-corrected chi connectivity index (χ4v) is 4.50. The van der Waals surface area contributed by atoms with Crippen LogP contribution in [0.5, 0.6) is 0 Å². The van der Waals surface area contributed by atoms with Gasteiger partial charge in [0, 0.05) is 11.7 Å². The van der Waals surface area contributed by atoms with E-state index in [1.54, 1.807) is 20.8 Å². The van der Waals surface area contributed by atoms with Gasteiger partial charge in [0.2, 0.25) is 20.0 Å². The summed E-state index contributed by atoms with van der Waals surface area (Å²) >= 11 is 0. The van der Waals surface area contributed by atoms with Gasteiger partial charge < -0.3 is 5.32 Å². The maximum Gasteiger partial charge on any atom is 0.258 e. The molecule has 0 aliphatic rings. The summed E-state index contributed by atoms with van der Waals surface area (Å²) < 4.78 is 67.0. The van der Waals surface area contributed by atoms with Crippen LogP contribution in [0.1, 0.15) is 36.7 Å². The molecule has 1 amide bonds. The first-order valence-electron chi connectivity index (χ1n) is 9.09. The molecule has 0 radical (unpaired) electrons. The SMILES string of the molecule is CCS(=O)(=O)Nc1ccc(NC(=O)c2cc(S(=O)(=O)NC(C)C)ccc2F)cc1C. The van der Waals surface area contributed by atoms with Crippen LogP contribution < -0.4 is 14.8 Å². The highest BCUT2D eigenvalue weighted by atomic mass is 32.2. The average Bonchev–Trinajstić information content (AvgIpc) is 2.63. The zero-order chi connectivity index (χ0) is 22.7. The molecule has 30 heavy (non-hydrogen) atoms. The molecule has 0 atom stereocenters. The standard InChI is InChI=1S/C19H24FN3O5S2/c1-5-29(25,26)23-18-9-6-14(10-13(18)4)21-19(24)16-11-15(7-8-17(16)20)30(27,28)22-12(2)3/h6-12,22-23H,5H2,1-4H3,(H,21,24). The van der Waals surface area contributed by atoms with E-state index in [0.717, 1.165) is 18.2 Å². The Morgan fingerprint density at radius 1 is 1.07 bits per heavy atom. The number of sulfonamides is 2. The van der Waals surface area contributed by atoms with Crippen molar-refractivity contribution in [2.24, 2.45) is 0 Å². The van der Waals surface area contributed by atoms with Gasteiger partial charge in [0.25, 0.3) is 5.91 Å². The van der Waals surface area contributed by atoms with Crippen LogP contribution in [0.25, 0.3) is 0 Å². The van der Waals surface area contributed by atoms with Gasteiger partial charge in [-0.1, -0.05) is 0 Å². The highest BCUT2D eigenvalue weighted by Gasteiger charge is 2.20. The first-order valence-corrected chi connectivity index (χ1v) is 12.2. The second-order valence-electron chi connectivity index (χ2n) is 6.91. The Labute approximate surface area is 176 Å². The maximum atomic E-state index is 14.2. The van der Waals surface area contributed by atoms with Crippen molar-refractivity contribution in [2.45, 2.75) is 38.6 Å². The van der Waals surface area contributed by atoms with E-state index in [9.17, 15) is 26.0 Å². The van der Waals surface area contributed by atoms with Crippen molar-refractivity contribution in [3.8, 4) is 0 Å². The van der Waals surface area contributed by atoms with Crippen LogP contribution in [-0.4, -0.2) is 34.5 Å². The van der Waals surface area contributed by atoms with Crippen molar-refractivity contribution in [1.82, 2.24) is 4.72 Å². The van der Waals surface area contributed by atoms with E-state index < -0.39 is 37.3 Å². The third-order valence-electron chi connectivity index (χ3n) is 4.01. The van der Waals surface area contributed by atoms with Gasteiger partial charge in [-0.3, -0.25) is 9.52 Å². The predicted octanol–water partition coefficient (Wildman–Crippen LogP) is 2.83. The van der Waals surface area contributed by atoms with Crippen LogP contribution in [-0.2, 0) is 20.0 Å². The molecule has 11 heteroatoms. The largest absolute Gasteiger partial charge is 0.322 e. The number of rotatable bonds is 8. The van der Waals surface area contributed by atoms with Crippen LogP contribution in [0.2, 0.25) is 0 Å². The van der Waals surface area contributed by atoms with Crippen molar-refractivity contribution < 1.29 is 26.0 Å². The fourth-order valence-electron chi connectivity index (χ4n) is 2.52. The lowest BCUT2D eigenvalue weighted by Crippen LogP contribution is -2.30. The lowest BCUT2D eigenvalue weighted by atomic mass is 10.1. The summed E-state index contributed by atoms with van der Waals surface area (Å²) in [5.74, 6) is -1.80. The lowest BCUT2D eigenvalue weighted by Gasteiger charge is -2.13. The van der Waals surface area contributed by atoms with Gasteiger partial charge in [-0.25, -0.2) is 25.9 Å². The Hall–Kier alpha value is -2.50. The number of aryl methyl sites for hydroxylation is 1. The molecule has 0 aromatic heterocycles. The van der Waals surface area contributed by atoms with E-state index >= 15 is 0 Å². The van der Waals surface area contributed by atoms with Crippen LogP contribution >= 0.6 is 0 Å². The summed E-state index contributed by atoms with van der Waals surface area (Å²) in [6.07, 6.45) is 0. The van der Waals surface area contributed by atoms with Gasteiger partial charge >= 0.3 is 0 Å². The van der Waals surface area contributed by atoms with Crippen LogP contribution in [0.15, 0.2) is 41.3 Å². The Morgan fingerprint density at radius 3 is 2.30 bits per heavy atom. The number of anilines is 2. The first kappa shape index (κ1) is 23.8. The number of amides is 1. The molecule has 0 heterocycles. The fraction of sp³-hybridized carbons (Fsp3) is 0.316. The summed E-state index contributed by atoms with van der Waals surface area (Å²) in [5, 5.41) is 2.49. The summed E-state index contributed by atoms with van der Waals surface area (Å²) in [4.78, 5) is 12.3. The summed E-state index contributed by atoms with van der Waals surface area (Å²) in [5.41, 5.74) is 0.761. The Balaban J connectivity index is 2.28. The second kappa shape index (κ2) is 9.11. The van der Waals surface area contributed by atoms with E-state index in [1.807, 2.05) is 0 Å². The smallest absolute Gasteiger partial charge is 0.258 e. The van der Waals surface area contributed by atoms with E-state index in [2.05, 4.69) is 14.8 Å². The quantitative estimate of drug-likeness (QED) is 0.563. The topological polar surface area (TPSA) is 121 Å². The van der Waals surface area contributed by atoms with Gasteiger partial charge in [-0.2, -0.15) is 0 Å². The van der Waals surface area contributed by atoms with E-state index in [4.69, 9.17) is 0 Å². The first-order chi connectivity index (χ1) is 13.8. The normalized spacial score (nSPS) is 12.1. The number of benzene rings is 2. The van der Waals surface area contributed by atoms with Crippen molar-refractivity contribution in [3.05, 3.63) is 53.3 Å². The molecular weight excluding hydrogens is 433 g/mol. The van der Waals surface area contributed by atoms with Crippen LogP contribution in [0.4, 0.5) is 15.8 Å². The molecule has 0 aliphatic heterocycles. The van der Waals surface area contributed by atoms with E-state index in [1.165, 1.54) is 25.1 Å². The van der Waals surface area contributed by atoms with Gasteiger partial charge in [0.15, 0.2) is 0 Å². The third-order valence-corrected chi connectivity index (χ3v) is 6.96. The summed E-state index contributed by atoms with van der Waals surface area (Å²) in [6.45, 7) is 6.43. The molecule has 0 aliphatic carbocycles. The highest BCUT2D eigenvalue weighted by molar-refractivity contribution is 7.92. The molecule has 0 saturated carbocycles. The molecule has 2 aromatic rings. The van der Waals surface area contributed by atoms with Crippen molar-refractivity contribution in [3.63, 3.8) is 0 Å². The molecule has 2 rings (SSSR count). The van der Waals surface area contributed by atoms with E-state index in [-0.39, 0.29) is 16.7 Å². The van der Waals surface area contributed by atoms with Crippen molar-refractivity contribution in [2.75, 3.05) is 15.8 Å². The molecule has 0 bridgehead atoms. The number of carbonyl (C=O) groups excluding carboxylic acids is 1. The minimum Gasteiger partial charge on any atom is -0.322 e. The molecule has 0 spiro atoms. The number of hydrogen-bond donors (Lipinski definition) is 3. The molecular formula is C19H24FN3O5S2. The molecule has 0 fully saturated rings. The Kier molecular flexibility index (Phi) is 7.22. The second-order valence-corrected chi connectivity index (χ2v) is 10.6. The third kappa shape index (κ3) is 6.00. The van der Waals surface area contributed by atoms with E-state index in [0.29, 0.717) is 16.9 Å². The Bertz CT molecular complexity index is 1160. The number of halogens is 1. The minimum absolute atomic E-state index is 0.0882. The monoisotopic (exact) mass is 457 g/mol. The van der Waals surface area contributed by atoms with Gasteiger partial charge in [0.1, 0.15) is 5.82 Å². The van der Waals surface area contributed by atoms with Gasteiger partial charge in [0.05, 0.1) is 21.9 Å². The zero-order valence-corrected chi connectivity index (χ0v) is 18.6. The molecule has 2 aromatic carbocycles. The van der Waals surface area contributed by atoms with Crippen molar-refractivity contribution in [1.29, 1.82) is 0 Å². The maximum absolute atomic E-state index is 14.2. The number of carbonyl (C=O) groups is 1.